The lowest BCUT2D eigenvalue weighted by Crippen LogP contribution is -1.79. The van der Waals surface area contributed by atoms with E-state index in [0.717, 1.165) is 16.1 Å². The summed E-state index contributed by atoms with van der Waals surface area (Å²) in [6.45, 7) is 2.14. The average Bonchev–Trinajstić information content (AvgIpc) is 2.54. The van der Waals surface area contributed by atoms with Crippen LogP contribution in [0, 0.1) is 0 Å². The molecular formula is C9H8ClNS. The third-order valence-electron chi connectivity index (χ3n) is 1.95. The van der Waals surface area contributed by atoms with Crippen molar-refractivity contribution < 1.29 is 0 Å². The molecule has 1 aromatic carbocycles. The molecule has 2 aromatic rings. The van der Waals surface area contributed by atoms with E-state index in [1.807, 2.05) is 12.3 Å². The molecule has 0 aliphatic carbocycles. The molecule has 0 aliphatic rings. The zero-order chi connectivity index (χ0) is 8.55. The van der Waals surface area contributed by atoms with Crippen molar-refractivity contribution in [2.45, 2.75) is 13.3 Å². The van der Waals surface area contributed by atoms with Gasteiger partial charge in [-0.25, -0.2) is 0 Å². The Kier molecular flexibility index (Phi) is 2.03. The van der Waals surface area contributed by atoms with Gasteiger partial charge in [-0.05, 0) is 29.6 Å². The summed E-state index contributed by atoms with van der Waals surface area (Å²) in [7, 11) is 0. The molecule has 1 aromatic heterocycles. The fourth-order valence-corrected chi connectivity index (χ4v) is 2.26. The Labute approximate surface area is 80.1 Å². The molecule has 0 radical (unpaired) electrons. The molecule has 0 atom stereocenters. The lowest BCUT2D eigenvalue weighted by Gasteiger charge is -1.98. The minimum atomic E-state index is 0.810. The molecule has 2 rings (SSSR count). The van der Waals surface area contributed by atoms with Crippen LogP contribution in [0.25, 0.3) is 10.1 Å². The average molecular weight is 198 g/mol. The minimum absolute atomic E-state index is 0.810. The molecule has 62 valence electrons. The second-order valence-corrected chi connectivity index (χ2v) is 3.84. The first-order valence-corrected chi connectivity index (χ1v) is 5.00. The number of aromatic nitrogens is 1. The van der Waals surface area contributed by atoms with Crippen LogP contribution in [0.5, 0.6) is 0 Å². The van der Waals surface area contributed by atoms with Gasteiger partial charge in [0.1, 0.15) is 0 Å². The van der Waals surface area contributed by atoms with Gasteiger partial charge in [0.2, 0.25) is 0 Å². The van der Waals surface area contributed by atoms with E-state index in [2.05, 4.69) is 17.4 Å². The fourth-order valence-electron chi connectivity index (χ4n) is 1.29. The van der Waals surface area contributed by atoms with Crippen molar-refractivity contribution in [3.05, 3.63) is 28.9 Å². The maximum Gasteiger partial charge on any atom is 0.0738 e. The smallest absolute Gasteiger partial charge is 0.0738 e. The molecular weight excluding hydrogens is 190 g/mol. The molecule has 1 heterocycles. The Balaban J connectivity index is 2.82. The van der Waals surface area contributed by atoms with Crippen molar-refractivity contribution in [2.24, 2.45) is 0 Å². The van der Waals surface area contributed by atoms with Crippen LogP contribution < -0.4 is 0 Å². The van der Waals surface area contributed by atoms with E-state index in [9.17, 15) is 0 Å². The third kappa shape index (κ3) is 1.11. The second-order valence-electron chi connectivity index (χ2n) is 2.63. The van der Waals surface area contributed by atoms with E-state index in [1.165, 1.54) is 22.5 Å². The molecule has 1 nitrogen and oxygen atoms in total. The molecule has 12 heavy (non-hydrogen) atoms. The summed E-state index contributed by atoms with van der Waals surface area (Å²) in [5.74, 6) is 0. The van der Waals surface area contributed by atoms with Gasteiger partial charge >= 0.3 is 0 Å². The Morgan fingerprint density at radius 2 is 2.33 bits per heavy atom. The van der Waals surface area contributed by atoms with Gasteiger partial charge in [0, 0.05) is 11.6 Å². The van der Waals surface area contributed by atoms with Crippen molar-refractivity contribution >= 4 is 33.2 Å². The first kappa shape index (κ1) is 8.02. The summed E-state index contributed by atoms with van der Waals surface area (Å²) < 4.78 is 5.24. The molecule has 0 saturated carbocycles. The highest BCUT2D eigenvalue weighted by atomic mass is 35.5. The molecule has 0 bridgehead atoms. The van der Waals surface area contributed by atoms with Crippen LogP contribution in [0.1, 0.15) is 12.5 Å². The van der Waals surface area contributed by atoms with Crippen molar-refractivity contribution in [3.8, 4) is 0 Å². The van der Waals surface area contributed by atoms with Crippen LogP contribution in [0.15, 0.2) is 18.3 Å². The maximum atomic E-state index is 6.00. The summed E-state index contributed by atoms with van der Waals surface area (Å²) >= 11 is 7.46. The number of fused-ring (bicyclic) bond motifs is 1. The number of aryl methyl sites for hydroxylation is 1. The van der Waals surface area contributed by atoms with Gasteiger partial charge in [-0.1, -0.05) is 24.6 Å². The Morgan fingerprint density at radius 3 is 3.08 bits per heavy atom. The number of rotatable bonds is 1. The zero-order valence-corrected chi connectivity index (χ0v) is 8.25. The molecule has 0 spiro atoms. The van der Waals surface area contributed by atoms with Crippen LogP contribution in [-0.4, -0.2) is 4.37 Å². The highest BCUT2D eigenvalue weighted by Crippen LogP contribution is 2.29. The summed E-state index contributed by atoms with van der Waals surface area (Å²) in [4.78, 5) is 0. The first-order chi connectivity index (χ1) is 5.83. The standard InChI is InChI=1S/C9H8ClNS/c1-2-6-3-4-8(10)9-7(6)5-11-12-9/h3-5H,2H2,1H3. The number of hydrogen-bond acceptors (Lipinski definition) is 2. The van der Waals surface area contributed by atoms with Crippen LogP contribution in [0.3, 0.4) is 0 Å². The lowest BCUT2D eigenvalue weighted by molar-refractivity contribution is 1.16. The van der Waals surface area contributed by atoms with Crippen molar-refractivity contribution in [1.82, 2.24) is 4.37 Å². The summed E-state index contributed by atoms with van der Waals surface area (Å²) in [5.41, 5.74) is 1.32. The third-order valence-corrected chi connectivity index (χ3v) is 3.21. The molecule has 3 heteroatoms. The van der Waals surface area contributed by atoms with Gasteiger partial charge < -0.3 is 0 Å². The predicted molar refractivity (Wildman–Crippen MR) is 54.0 cm³/mol. The van der Waals surface area contributed by atoms with Crippen LogP contribution in [0.2, 0.25) is 5.02 Å². The Hall–Kier alpha value is -0.600. The zero-order valence-electron chi connectivity index (χ0n) is 6.67. The largest absolute Gasteiger partial charge is 0.200 e. The van der Waals surface area contributed by atoms with Gasteiger partial charge in [0.15, 0.2) is 0 Å². The minimum Gasteiger partial charge on any atom is -0.200 e. The second kappa shape index (κ2) is 3.04. The molecule has 0 unspecified atom stereocenters. The quantitative estimate of drug-likeness (QED) is 0.682. The van der Waals surface area contributed by atoms with E-state index >= 15 is 0 Å². The van der Waals surface area contributed by atoms with Gasteiger partial charge in [-0.2, -0.15) is 4.37 Å². The summed E-state index contributed by atoms with van der Waals surface area (Å²) in [6.07, 6.45) is 2.93. The normalized spacial score (nSPS) is 10.8. The van der Waals surface area contributed by atoms with E-state index in [4.69, 9.17) is 11.6 Å². The summed E-state index contributed by atoms with van der Waals surface area (Å²) in [5, 5.41) is 2.01. The summed E-state index contributed by atoms with van der Waals surface area (Å²) in [6, 6.07) is 4.01. The fraction of sp³-hybridized carbons (Fsp3) is 0.222. The van der Waals surface area contributed by atoms with E-state index in [1.54, 1.807) is 0 Å². The highest BCUT2D eigenvalue weighted by Gasteiger charge is 2.04. The maximum absolute atomic E-state index is 6.00. The highest BCUT2D eigenvalue weighted by molar-refractivity contribution is 7.14. The van der Waals surface area contributed by atoms with Crippen LogP contribution >= 0.6 is 23.1 Å². The van der Waals surface area contributed by atoms with Crippen LogP contribution in [0.4, 0.5) is 0 Å². The van der Waals surface area contributed by atoms with Crippen molar-refractivity contribution in [2.75, 3.05) is 0 Å². The monoisotopic (exact) mass is 197 g/mol. The van der Waals surface area contributed by atoms with Crippen molar-refractivity contribution in [1.29, 1.82) is 0 Å². The molecule has 0 fully saturated rings. The predicted octanol–water partition coefficient (Wildman–Crippen LogP) is 3.51. The SMILES string of the molecule is CCc1ccc(Cl)c2sncc12. The number of nitrogens with zero attached hydrogens (tertiary/aromatic N) is 1. The topological polar surface area (TPSA) is 12.9 Å². The number of hydrogen-bond donors (Lipinski definition) is 0. The van der Waals surface area contributed by atoms with Gasteiger partial charge in [0.05, 0.1) is 9.72 Å². The van der Waals surface area contributed by atoms with Gasteiger partial charge in [-0.3, -0.25) is 0 Å². The number of benzene rings is 1. The lowest BCUT2D eigenvalue weighted by atomic mass is 10.1. The Morgan fingerprint density at radius 1 is 1.50 bits per heavy atom. The Bertz CT molecular complexity index is 408. The van der Waals surface area contributed by atoms with E-state index in [-0.39, 0.29) is 0 Å². The molecule has 0 amide bonds. The van der Waals surface area contributed by atoms with Gasteiger partial charge in [-0.15, -0.1) is 0 Å². The van der Waals surface area contributed by atoms with Gasteiger partial charge in [0.25, 0.3) is 0 Å². The number of halogens is 1. The van der Waals surface area contributed by atoms with Crippen molar-refractivity contribution in [3.63, 3.8) is 0 Å². The van der Waals surface area contributed by atoms with Crippen LogP contribution in [-0.2, 0) is 6.42 Å². The van der Waals surface area contributed by atoms with E-state index in [0.29, 0.717) is 0 Å². The molecule has 0 aliphatic heterocycles. The molecule has 0 N–H and O–H groups in total. The molecule has 0 saturated heterocycles. The first-order valence-electron chi connectivity index (χ1n) is 3.84. The van der Waals surface area contributed by atoms with E-state index < -0.39 is 0 Å².